The Bertz CT molecular complexity index is 889. The van der Waals surface area contributed by atoms with Gasteiger partial charge in [0.2, 0.25) is 8.32 Å². The van der Waals surface area contributed by atoms with Crippen LogP contribution in [0, 0.1) is 0 Å². The fraction of sp³-hybridized carbons (Fsp3) is 0.875. The summed E-state index contributed by atoms with van der Waals surface area (Å²) >= 11 is 0. The van der Waals surface area contributed by atoms with Crippen molar-refractivity contribution in [3.05, 3.63) is 24.3 Å². The number of hydrogen-bond acceptors (Lipinski definition) is 5. The van der Waals surface area contributed by atoms with E-state index in [1.807, 2.05) is 0 Å². The van der Waals surface area contributed by atoms with Gasteiger partial charge in [-0.25, -0.2) is 0 Å². The lowest BCUT2D eigenvalue weighted by Crippen LogP contribution is -2.49. The van der Waals surface area contributed by atoms with Gasteiger partial charge >= 0.3 is 11.9 Å². The van der Waals surface area contributed by atoms with Gasteiger partial charge in [-0.2, -0.15) is 0 Å². The van der Waals surface area contributed by atoms with Crippen molar-refractivity contribution in [2.45, 2.75) is 258 Å². The molecule has 0 aliphatic carbocycles. The van der Waals surface area contributed by atoms with Crippen LogP contribution in [0.3, 0.4) is 0 Å². The van der Waals surface area contributed by atoms with E-state index in [1.54, 1.807) is 0 Å². The van der Waals surface area contributed by atoms with E-state index in [0.717, 1.165) is 51.4 Å². The first-order valence-corrected chi connectivity index (χ1v) is 25.5. The van der Waals surface area contributed by atoms with E-state index in [9.17, 15) is 9.59 Å². The van der Waals surface area contributed by atoms with Gasteiger partial charge in [0, 0.05) is 12.8 Å². The summed E-state index contributed by atoms with van der Waals surface area (Å²) in [6, 6.07) is 0. The van der Waals surface area contributed by atoms with Crippen LogP contribution in [-0.4, -0.2) is 39.6 Å². The number of carbonyl (C=O) groups excluding carboxylic acids is 2. The second-order valence-corrected chi connectivity index (χ2v) is 22.6. The molecule has 0 fully saturated rings. The SMILES string of the molecule is CCCCCCCC/C=C\CCCCCCCC(=O)OC[C@@H](CO[Si](C(C)C)(C(C)C)C(C)C)OC(=O)CCCCCCC/C=C\CCCCCCCC. The fourth-order valence-corrected chi connectivity index (χ4v) is 13.5. The summed E-state index contributed by atoms with van der Waals surface area (Å²) in [6.07, 6.45) is 41.6. The van der Waals surface area contributed by atoms with Crippen molar-refractivity contribution in [3.63, 3.8) is 0 Å². The summed E-state index contributed by atoms with van der Waals surface area (Å²) in [4.78, 5) is 25.7. The van der Waals surface area contributed by atoms with Crippen LogP contribution in [0.15, 0.2) is 24.3 Å². The molecular weight excluding hydrogens is 685 g/mol. The van der Waals surface area contributed by atoms with Crippen LogP contribution in [0.1, 0.15) is 235 Å². The molecule has 0 aromatic heterocycles. The maximum Gasteiger partial charge on any atom is 0.306 e. The Hall–Kier alpha value is -1.40. The molecule has 0 bridgehead atoms. The highest BCUT2D eigenvalue weighted by atomic mass is 28.4. The van der Waals surface area contributed by atoms with Gasteiger partial charge in [-0.1, -0.05) is 182 Å². The zero-order valence-corrected chi connectivity index (χ0v) is 38.4. The Morgan fingerprint density at radius 1 is 0.444 bits per heavy atom. The molecule has 0 saturated carbocycles. The van der Waals surface area contributed by atoms with Crippen LogP contribution in [0.2, 0.25) is 16.6 Å². The quantitative estimate of drug-likeness (QED) is 0.0269. The van der Waals surface area contributed by atoms with Crippen molar-refractivity contribution in [1.29, 1.82) is 0 Å². The molecule has 0 aliphatic rings. The van der Waals surface area contributed by atoms with Gasteiger partial charge in [0.25, 0.3) is 0 Å². The van der Waals surface area contributed by atoms with Gasteiger partial charge in [-0.15, -0.1) is 0 Å². The molecule has 0 heterocycles. The van der Waals surface area contributed by atoms with Crippen molar-refractivity contribution < 1.29 is 23.5 Å². The van der Waals surface area contributed by atoms with Crippen molar-refractivity contribution in [3.8, 4) is 0 Å². The Kier molecular flexibility index (Phi) is 36.2. The first kappa shape index (κ1) is 52.6. The van der Waals surface area contributed by atoms with E-state index < -0.39 is 14.4 Å². The molecule has 54 heavy (non-hydrogen) atoms. The molecule has 0 aromatic rings. The number of rotatable bonds is 39. The molecular formula is C48H92O5Si. The highest BCUT2D eigenvalue weighted by molar-refractivity contribution is 6.77. The van der Waals surface area contributed by atoms with E-state index in [1.165, 1.54) is 116 Å². The predicted molar refractivity (Wildman–Crippen MR) is 237 cm³/mol. The standard InChI is InChI=1S/C48H92O5Si/c1-9-11-13-15-17-19-21-23-25-27-29-31-33-35-37-39-47(49)51-41-46(42-52-54(43(3)4,44(5)6)45(7)8)53-48(50)40-38-36-34-32-30-28-26-24-22-20-18-16-14-12-10-2/h23-26,43-46H,9-22,27-42H2,1-8H3/b25-23-,26-24-/t46-/m0/s1. The summed E-state index contributed by atoms with van der Waals surface area (Å²) in [5.41, 5.74) is 1.27. The van der Waals surface area contributed by atoms with E-state index in [2.05, 4.69) is 79.7 Å². The zero-order valence-electron chi connectivity index (χ0n) is 37.4. The van der Waals surface area contributed by atoms with Gasteiger partial charge in [0.05, 0.1) is 6.61 Å². The van der Waals surface area contributed by atoms with Crippen LogP contribution in [0.4, 0.5) is 0 Å². The number of ether oxygens (including phenoxy) is 2. The Morgan fingerprint density at radius 2 is 0.778 bits per heavy atom. The summed E-state index contributed by atoms with van der Waals surface area (Å²) in [5.74, 6) is -0.411. The zero-order chi connectivity index (χ0) is 40.1. The number of allylic oxidation sites excluding steroid dienone is 4. The minimum atomic E-state index is -2.16. The molecule has 1 atom stereocenters. The van der Waals surface area contributed by atoms with Crippen LogP contribution in [0.5, 0.6) is 0 Å². The van der Waals surface area contributed by atoms with Gasteiger partial charge in [0.1, 0.15) is 6.61 Å². The molecule has 0 aromatic carbocycles. The average molecular weight is 777 g/mol. The largest absolute Gasteiger partial charge is 0.462 e. The molecule has 0 rings (SSSR count). The summed E-state index contributed by atoms with van der Waals surface area (Å²) in [7, 11) is -2.16. The van der Waals surface area contributed by atoms with E-state index in [0.29, 0.717) is 36.1 Å². The normalized spacial score (nSPS) is 12.9. The predicted octanol–water partition coefficient (Wildman–Crippen LogP) is 15.7. The van der Waals surface area contributed by atoms with Crippen molar-refractivity contribution in [2.24, 2.45) is 0 Å². The molecule has 0 unspecified atom stereocenters. The topological polar surface area (TPSA) is 61.8 Å². The first-order valence-electron chi connectivity index (χ1n) is 23.4. The summed E-state index contributed by atoms with van der Waals surface area (Å²) < 4.78 is 18.4. The number of hydrogen-bond donors (Lipinski definition) is 0. The highest BCUT2D eigenvalue weighted by Crippen LogP contribution is 2.42. The van der Waals surface area contributed by atoms with E-state index in [4.69, 9.17) is 13.9 Å². The van der Waals surface area contributed by atoms with Gasteiger partial charge in [-0.05, 0) is 80.8 Å². The molecule has 318 valence electrons. The van der Waals surface area contributed by atoms with Gasteiger partial charge in [-0.3, -0.25) is 9.59 Å². The Labute approximate surface area is 338 Å². The molecule has 6 heteroatoms. The monoisotopic (exact) mass is 777 g/mol. The molecule has 0 N–H and O–H groups in total. The van der Waals surface area contributed by atoms with Gasteiger partial charge in [0.15, 0.2) is 6.10 Å². The minimum Gasteiger partial charge on any atom is -0.462 e. The lowest BCUT2D eigenvalue weighted by molar-refractivity contribution is -0.161. The molecule has 0 spiro atoms. The molecule has 0 saturated heterocycles. The fourth-order valence-electron chi connectivity index (χ4n) is 8.04. The number of esters is 2. The van der Waals surface area contributed by atoms with E-state index in [-0.39, 0.29) is 18.5 Å². The highest BCUT2D eigenvalue weighted by Gasteiger charge is 2.45. The van der Waals surface area contributed by atoms with Crippen molar-refractivity contribution >= 4 is 20.3 Å². The lowest BCUT2D eigenvalue weighted by atomic mass is 10.1. The van der Waals surface area contributed by atoms with Gasteiger partial charge < -0.3 is 13.9 Å². The van der Waals surface area contributed by atoms with Crippen LogP contribution in [-0.2, 0) is 23.5 Å². The summed E-state index contributed by atoms with van der Waals surface area (Å²) in [5, 5.41) is 0. The second-order valence-electron chi connectivity index (χ2n) is 17.1. The average Bonchev–Trinajstić information content (AvgIpc) is 3.13. The number of unbranched alkanes of at least 4 members (excludes halogenated alkanes) is 22. The second kappa shape index (κ2) is 37.2. The molecule has 0 amide bonds. The smallest absolute Gasteiger partial charge is 0.306 e. The maximum atomic E-state index is 13.0. The third-order valence-corrected chi connectivity index (χ3v) is 17.3. The van der Waals surface area contributed by atoms with Crippen LogP contribution < -0.4 is 0 Å². The molecule has 0 radical (unpaired) electrons. The van der Waals surface area contributed by atoms with Crippen molar-refractivity contribution in [1.82, 2.24) is 0 Å². The molecule has 5 nitrogen and oxygen atoms in total. The molecule has 0 aliphatic heterocycles. The lowest BCUT2D eigenvalue weighted by Gasteiger charge is -2.42. The van der Waals surface area contributed by atoms with Crippen LogP contribution >= 0.6 is 0 Å². The Balaban J connectivity index is 4.52. The minimum absolute atomic E-state index is 0.0702. The summed E-state index contributed by atoms with van der Waals surface area (Å²) in [6.45, 7) is 18.4. The Morgan fingerprint density at radius 3 is 1.15 bits per heavy atom. The third-order valence-electron chi connectivity index (χ3n) is 11.2. The third kappa shape index (κ3) is 28.9. The van der Waals surface area contributed by atoms with E-state index >= 15 is 0 Å². The maximum absolute atomic E-state index is 13.0. The van der Waals surface area contributed by atoms with Crippen LogP contribution in [0.25, 0.3) is 0 Å². The number of carbonyl (C=O) groups is 2. The first-order chi connectivity index (χ1) is 26.1. The van der Waals surface area contributed by atoms with Crippen molar-refractivity contribution in [2.75, 3.05) is 13.2 Å².